The van der Waals surface area contributed by atoms with E-state index in [0.717, 1.165) is 21.2 Å². The van der Waals surface area contributed by atoms with Crippen LogP contribution in [0.4, 0.5) is 0 Å². The number of amides is 1. The molecule has 1 aromatic heterocycles. The summed E-state index contributed by atoms with van der Waals surface area (Å²) in [5, 5.41) is 25.6. The number of nitrogens with zero attached hydrogens (tertiary/aromatic N) is 5. The maximum Gasteiger partial charge on any atom is 0.327 e. The van der Waals surface area contributed by atoms with Crippen LogP contribution < -0.4 is 0 Å². The predicted octanol–water partition coefficient (Wildman–Crippen LogP) is 3.22. The van der Waals surface area contributed by atoms with Gasteiger partial charge in [0.1, 0.15) is 10.3 Å². The summed E-state index contributed by atoms with van der Waals surface area (Å²) in [6.45, 7) is -0.299. The van der Waals surface area contributed by atoms with Crippen LogP contribution in [0.1, 0.15) is 17.5 Å². The van der Waals surface area contributed by atoms with Crippen LogP contribution in [0.5, 0.6) is 0 Å². The minimum Gasteiger partial charge on any atom is -0.480 e. The fourth-order valence-corrected chi connectivity index (χ4v) is 7.17. The summed E-state index contributed by atoms with van der Waals surface area (Å²) < 4.78 is 28.3. The molecule has 13 heteroatoms. The second kappa shape index (κ2) is 11.5. The Hall–Kier alpha value is -3.50. The second-order valence-corrected chi connectivity index (χ2v) is 12.4. The maximum atomic E-state index is 13.3. The van der Waals surface area contributed by atoms with E-state index in [-0.39, 0.29) is 17.3 Å². The Balaban J connectivity index is 1.48. The van der Waals surface area contributed by atoms with Crippen LogP contribution in [0.2, 0.25) is 5.02 Å². The molecule has 0 spiro atoms. The van der Waals surface area contributed by atoms with Gasteiger partial charge in [-0.05, 0) is 34.7 Å². The van der Waals surface area contributed by atoms with E-state index in [1.165, 1.54) is 11.0 Å². The van der Waals surface area contributed by atoms with Crippen molar-refractivity contribution < 1.29 is 23.1 Å². The second-order valence-electron chi connectivity index (χ2n) is 8.70. The van der Waals surface area contributed by atoms with Crippen LogP contribution in [0, 0.1) is 11.3 Å². The molecule has 1 atom stereocenters. The van der Waals surface area contributed by atoms with Crippen molar-refractivity contribution in [2.45, 2.75) is 23.2 Å². The molecule has 1 fully saturated rings. The number of carbonyl (C=O) groups is 2. The van der Waals surface area contributed by atoms with E-state index >= 15 is 0 Å². The molecule has 198 valence electrons. The molecule has 38 heavy (non-hydrogen) atoms. The van der Waals surface area contributed by atoms with Crippen LogP contribution in [-0.4, -0.2) is 78.6 Å². The first-order valence-corrected chi connectivity index (χ1v) is 14.1. The zero-order chi connectivity index (χ0) is 27.4. The molecule has 4 rings (SSSR count). The van der Waals surface area contributed by atoms with Gasteiger partial charge in [0, 0.05) is 36.4 Å². The van der Waals surface area contributed by atoms with Gasteiger partial charge >= 0.3 is 5.97 Å². The first kappa shape index (κ1) is 27.5. The number of piperazine rings is 1. The number of nitriles is 1. The van der Waals surface area contributed by atoms with E-state index in [1.54, 1.807) is 60.7 Å². The number of hydrogen-bond donors (Lipinski definition) is 1. The topological polar surface area (TPSA) is 134 Å². The molecule has 1 N–H and O–H groups in total. The third-order valence-electron chi connectivity index (χ3n) is 6.01. The predicted molar refractivity (Wildman–Crippen MR) is 144 cm³/mol. The molecule has 1 saturated heterocycles. The van der Waals surface area contributed by atoms with Crippen LogP contribution >= 0.6 is 22.9 Å². The van der Waals surface area contributed by atoms with E-state index in [0.29, 0.717) is 33.6 Å². The Labute approximate surface area is 229 Å². The molecule has 0 aliphatic carbocycles. The molecule has 1 aliphatic heterocycles. The fourth-order valence-electron chi connectivity index (χ4n) is 3.94. The van der Waals surface area contributed by atoms with E-state index in [4.69, 9.17) is 16.9 Å². The highest BCUT2D eigenvalue weighted by atomic mass is 35.5. The average molecular weight is 574 g/mol. The summed E-state index contributed by atoms with van der Waals surface area (Å²) in [4.78, 5) is 26.3. The zero-order valence-corrected chi connectivity index (χ0v) is 22.7. The summed E-state index contributed by atoms with van der Waals surface area (Å²) in [5.41, 5.74) is 1.48. The fraction of sp³-hybridized carbons (Fsp3) is 0.280. The van der Waals surface area contributed by atoms with E-state index < -0.39 is 34.5 Å². The number of aliphatic carboxylic acids is 1. The lowest BCUT2D eigenvalue weighted by atomic mass is 10.1. The van der Waals surface area contributed by atoms with E-state index in [9.17, 15) is 23.1 Å². The summed E-state index contributed by atoms with van der Waals surface area (Å²) in [5.74, 6) is -1.88. The van der Waals surface area contributed by atoms with Crippen molar-refractivity contribution in [1.29, 1.82) is 5.26 Å². The minimum absolute atomic E-state index is 0.0184. The molecule has 10 nitrogen and oxygen atoms in total. The van der Waals surface area contributed by atoms with Crippen molar-refractivity contribution >= 4 is 61.1 Å². The molecule has 0 bridgehead atoms. The van der Waals surface area contributed by atoms with Crippen LogP contribution in [-0.2, 0) is 26.2 Å². The number of fused-ring (bicyclic) bond motifs is 1. The van der Waals surface area contributed by atoms with E-state index in [1.807, 2.05) is 0 Å². The lowest BCUT2D eigenvalue weighted by molar-refractivity contribution is -0.154. The first-order valence-electron chi connectivity index (χ1n) is 11.5. The largest absolute Gasteiger partial charge is 0.480 e. The molecule has 1 aliphatic rings. The van der Waals surface area contributed by atoms with Gasteiger partial charge in [0.25, 0.3) is 10.0 Å². The molecular weight excluding hydrogens is 550 g/mol. The van der Waals surface area contributed by atoms with Crippen LogP contribution in [0.15, 0.2) is 57.8 Å². The number of thiophene rings is 1. The van der Waals surface area contributed by atoms with Gasteiger partial charge in [-0.3, -0.25) is 9.80 Å². The van der Waals surface area contributed by atoms with Crippen molar-refractivity contribution in [3.05, 3.63) is 64.7 Å². The summed E-state index contributed by atoms with van der Waals surface area (Å²) >= 11 is 7.04. The van der Waals surface area contributed by atoms with Crippen molar-refractivity contribution in [2.24, 2.45) is 5.10 Å². The number of hydrogen-bond acceptors (Lipinski definition) is 8. The molecule has 0 unspecified atom stereocenters. The number of benzene rings is 2. The van der Waals surface area contributed by atoms with Gasteiger partial charge in [-0.1, -0.05) is 41.9 Å². The Kier molecular flexibility index (Phi) is 8.32. The van der Waals surface area contributed by atoms with Gasteiger partial charge in [0.05, 0.1) is 25.2 Å². The van der Waals surface area contributed by atoms with Gasteiger partial charge in [-0.2, -0.15) is 14.7 Å². The highest BCUT2D eigenvalue weighted by Gasteiger charge is 2.42. The van der Waals surface area contributed by atoms with Crippen molar-refractivity contribution in [3.8, 4) is 6.07 Å². The minimum atomic E-state index is -4.10. The highest BCUT2D eigenvalue weighted by molar-refractivity contribution is 7.91. The smallest absolute Gasteiger partial charge is 0.327 e. The lowest BCUT2D eigenvalue weighted by Gasteiger charge is -2.38. The number of carboxylic acids is 1. The number of halogens is 1. The summed E-state index contributed by atoms with van der Waals surface area (Å²) in [6.07, 6.45) is 2.00. The Morgan fingerprint density at radius 1 is 1.29 bits per heavy atom. The van der Waals surface area contributed by atoms with E-state index in [2.05, 4.69) is 11.2 Å². The lowest BCUT2D eigenvalue weighted by Crippen LogP contribution is -2.59. The molecule has 2 heterocycles. The molecule has 0 saturated carbocycles. The van der Waals surface area contributed by atoms with Gasteiger partial charge in [0.15, 0.2) is 0 Å². The quantitative estimate of drug-likeness (QED) is 0.307. The first-order chi connectivity index (χ1) is 18.1. The number of carbonyl (C=O) groups excluding carboxylic acids is 1. The van der Waals surface area contributed by atoms with Gasteiger partial charge in [-0.15, -0.1) is 11.3 Å². The van der Waals surface area contributed by atoms with Gasteiger partial charge in [0.2, 0.25) is 5.91 Å². The van der Waals surface area contributed by atoms with Gasteiger partial charge < -0.3 is 10.0 Å². The molecule has 1 amide bonds. The van der Waals surface area contributed by atoms with Crippen molar-refractivity contribution in [1.82, 2.24) is 14.2 Å². The number of carboxylic acid groups (broad SMARTS) is 1. The Morgan fingerprint density at radius 2 is 2.03 bits per heavy atom. The highest BCUT2D eigenvalue weighted by Crippen LogP contribution is 2.33. The number of rotatable bonds is 9. The standard InChI is InChI=1S/C25H24ClN5O5S2/c1-29(10-2-9-27)28-13-17-3-5-18(6-4-17)14-31-21(25(33)34)15-30(16-23(31)32)38(35,36)24-11-19-7-8-20(26)12-22(19)37-24/h3-8,11-13,21H,2,10,14-16H2,1H3,(H,33,34)/b28-13+/t21-/m1/s1. The molecule has 2 aromatic carbocycles. The van der Waals surface area contributed by atoms with Crippen molar-refractivity contribution in [2.75, 3.05) is 26.7 Å². The SMILES string of the molecule is CN(CCC#N)/N=C/c1ccc(CN2C(=O)CN(S(=O)(=O)c3cc4ccc(Cl)cc4s3)C[C@@H]2C(=O)O)cc1. The van der Waals surface area contributed by atoms with Gasteiger partial charge in [-0.25, -0.2) is 13.2 Å². The molecule has 0 radical (unpaired) electrons. The summed E-state index contributed by atoms with van der Waals surface area (Å²) in [6, 6.07) is 14.3. The third-order valence-corrected chi connectivity index (χ3v) is 9.60. The molecular formula is C25H24ClN5O5S2. The third kappa shape index (κ3) is 6.14. The Bertz CT molecular complexity index is 1530. The average Bonchev–Trinajstić information content (AvgIpc) is 3.32. The maximum absolute atomic E-state index is 13.3. The molecule has 3 aromatic rings. The monoisotopic (exact) mass is 573 g/mol. The van der Waals surface area contributed by atoms with Crippen LogP contribution in [0.3, 0.4) is 0 Å². The summed E-state index contributed by atoms with van der Waals surface area (Å²) in [7, 11) is -2.34. The Morgan fingerprint density at radius 3 is 2.71 bits per heavy atom. The van der Waals surface area contributed by atoms with Crippen molar-refractivity contribution in [3.63, 3.8) is 0 Å². The number of sulfonamides is 1. The normalized spacial score (nSPS) is 16.7. The zero-order valence-electron chi connectivity index (χ0n) is 20.3. The van der Waals surface area contributed by atoms with Crippen LogP contribution in [0.25, 0.3) is 10.1 Å². The number of hydrazone groups is 1.